The first-order chi connectivity index (χ1) is 16.2. The first-order valence-electron chi connectivity index (χ1n) is 10.8. The van der Waals surface area contributed by atoms with Crippen LogP contribution in [-0.2, 0) is 0 Å². The van der Waals surface area contributed by atoms with E-state index in [0.717, 1.165) is 42.8 Å². The Morgan fingerprint density at radius 1 is 0.848 bits per heavy atom. The van der Waals surface area contributed by atoms with Crippen molar-refractivity contribution in [1.82, 2.24) is 20.4 Å². The third-order valence-corrected chi connectivity index (χ3v) is 5.74. The number of amides is 1. The van der Waals surface area contributed by atoms with E-state index in [1.54, 1.807) is 12.3 Å². The van der Waals surface area contributed by atoms with Crippen molar-refractivity contribution in [1.29, 1.82) is 0 Å². The highest BCUT2D eigenvalue weighted by molar-refractivity contribution is 6.07. The van der Waals surface area contributed by atoms with Crippen LogP contribution in [0.5, 0.6) is 0 Å². The van der Waals surface area contributed by atoms with Crippen LogP contribution in [-0.4, -0.2) is 47.0 Å². The molecule has 33 heavy (non-hydrogen) atoms. The molecule has 9 nitrogen and oxygen atoms in total. The van der Waals surface area contributed by atoms with Crippen molar-refractivity contribution in [2.24, 2.45) is 0 Å². The van der Waals surface area contributed by atoms with Crippen molar-refractivity contribution < 1.29 is 4.79 Å². The van der Waals surface area contributed by atoms with Gasteiger partial charge in [-0.3, -0.25) is 15.6 Å². The van der Waals surface area contributed by atoms with Gasteiger partial charge in [-0.05, 0) is 29.0 Å². The minimum atomic E-state index is -0.268. The summed E-state index contributed by atoms with van der Waals surface area (Å²) in [6, 6.07) is 19.3. The maximum absolute atomic E-state index is 12.8. The number of nitrogens with two attached hydrogens (primary N) is 1. The van der Waals surface area contributed by atoms with Crippen molar-refractivity contribution in [2.75, 3.05) is 47.1 Å². The number of carbonyl (C=O) groups excluding carboxylic acids is 1. The Kier molecular flexibility index (Phi) is 5.59. The summed E-state index contributed by atoms with van der Waals surface area (Å²) in [6.07, 6.45) is 3.25. The fourth-order valence-electron chi connectivity index (χ4n) is 4.03. The number of benzene rings is 2. The molecular weight excluding hydrogens is 416 g/mol. The number of hydrogen-bond donors (Lipinski definition) is 3. The Bertz CT molecular complexity index is 1270. The van der Waals surface area contributed by atoms with Gasteiger partial charge in [0.15, 0.2) is 11.6 Å². The summed E-state index contributed by atoms with van der Waals surface area (Å²) in [5.74, 6) is 1.70. The predicted octanol–water partition coefficient (Wildman–Crippen LogP) is 2.69. The quantitative estimate of drug-likeness (QED) is 0.406. The molecular formula is C24H24N8O. The highest BCUT2D eigenvalue weighted by Gasteiger charge is 2.22. The van der Waals surface area contributed by atoms with Crippen molar-refractivity contribution in [2.45, 2.75) is 0 Å². The zero-order chi connectivity index (χ0) is 22.6. The largest absolute Gasteiger partial charge is 0.393 e. The zero-order valence-electron chi connectivity index (χ0n) is 18.0. The lowest BCUT2D eigenvalue weighted by molar-refractivity contribution is 0.0964. The van der Waals surface area contributed by atoms with Gasteiger partial charge in [-0.1, -0.05) is 42.5 Å². The number of rotatable bonds is 5. The SMILES string of the molecule is Nc1c(NNC(=O)c2cccc3ccccc23)ncnc1N1CCN(c2ccccn2)CC1. The molecule has 4 N–H and O–H groups in total. The number of nitrogens with one attached hydrogen (secondary N) is 2. The normalized spacial score (nSPS) is 13.7. The van der Waals surface area contributed by atoms with Crippen LogP contribution in [0.3, 0.4) is 0 Å². The highest BCUT2D eigenvalue weighted by Crippen LogP contribution is 2.27. The maximum Gasteiger partial charge on any atom is 0.270 e. The van der Waals surface area contributed by atoms with E-state index in [1.807, 2.05) is 54.6 Å². The number of piperazine rings is 1. The molecule has 0 saturated carbocycles. The van der Waals surface area contributed by atoms with Crippen molar-refractivity contribution in [3.63, 3.8) is 0 Å². The molecule has 0 radical (unpaired) electrons. The van der Waals surface area contributed by atoms with Gasteiger partial charge in [0.05, 0.1) is 0 Å². The number of hydrazine groups is 1. The van der Waals surface area contributed by atoms with Crippen LogP contribution in [0.2, 0.25) is 0 Å². The van der Waals surface area contributed by atoms with E-state index >= 15 is 0 Å². The Morgan fingerprint density at radius 3 is 2.42 bits per heavy atom. The van der Waals surface area contributed by atoms with Crippen molar-refractivity contribution in [3.8, 4) is 0 Å². The third-order valence-electron chi connectivity index (χ3n) is 5.74. The van der Waals surface area contributed by atoms with Crippen LogP contribution < -0.4 is 26.4 Å². The van der Waals surface area contributed by atoms with Gasteiger partial charge in [0.25, 0.3) is 5.91 Å². The van der Waals surface area contributed by atoms with Crippen LogP contribution in [0, 0.1) is 0 Å². The van der Waals surface area contributed by atoms with Gasteiger partial charge in [0.2, 0.25) is 0 Å². The van der Waals surface area contributed by atoms with Gasteiger partial charge in [0.1, 0.15) is 17.8 Å². The van der Waals surface area contributed by atoms with E-state index in [9.17, 15) is 4.79 Å². The standard InChI is InChI=1S/C24H24N8O/c25-21-22(29-30-24(33)19-9-5-7-17-6-1-2-8-18(17)19)27-16-28-23(21)32-14-12-31(13-15-32)20-10-3-4-11-26-20/h1-11,16H,12-15,25H2,(H,30,33)(H,27,28,29). The number of hydrogen-bond acceptors (Lipinski definition) is 8. The van der Waals surface area contributed by atoms with Gasteiger partial charge in [-0.25, -0.2) is 15.0 Å². The van der Waals surface area contributed by atoms with E-state index in [1.165, 1.54) is 6.33 Å². The van der Waals surface area contributed by atoms with Crippen LogP contribution in [0.1, 0.15) is 10.4 Å². The molecule has 2 aromatic carbocycles. The van der Waals surface area contributed by atoms with Gasteiger partial charge in [-0.2, -0.15) is 0 Å². The number of nitrogen functional groups attached to an aromatic ring is 1. The first-order valence-corrected chi connectivity index (χ1v) is 10.8. The minimum absolute atomic E-state index is 0.268. The zero-order valence-corrected chi connectivity index (χ0v) is 18.0. The van der Waals surface area contributed by atoms with Crippen LogP contribution in [0.4, 0.5) is 23.1 Å². The fraction of sp³-hybridized carbons (Fsp3) is 0.167. The topological polar surface area (TPSA) is 112 Å². The monoisotopic (exact) mass is 440 g/mol. The number of carbonyl (C=O) groups is 1. The van der Waals surface area contributed by atoms with Gasteiger partial charge >= 0.3 is 0 Å². The minimum Gasteiger partial charge on any atom is -0.393 e. The second kappa shape index (κ2) is 8.99. The van der Waals surface area contributed by atoms with Crippen LogP contribution in [0.15, 0.2) is 73.2 Å². The smallest absolute Gasteiger partial charge is 0.270 e. The second-order valence-corrected chi connectivity index (χ2v) is 7.73. The molecule has 2 aromatic heterocycles. The molecule has 1 fully saturated rings. The average Bonchev–Trinajstić information content (AvgIpc) is 2.88. The summed E-state index contributed by atoms with van der Waals surface area (Å²) >= 11 is 0. The van der Waals surface area contributed by atoms with E-state index in [-0.39, 0.29) is 5.91 Å². The molecule has 5 rings (SSSR count). The third kappa shape index (κ3) is 4.20. The summed E-state index contributed by atoms with van der Waals surface area (Å²) < 4.78 is 0. The van der Waals surface area contributed by atoms with E-state index < -0.39 is 0 Å². The van der Waals surface area contributed by atoms with Gasteiger partial charge in [0, 0.05) is 37.9 Å². The Morgan fingerprint density at radius 2 is 1.61 bits per heavy atom. The molecule has 166 valence electrons. The number of anilines is 4. The Hall–Kier alpha value is -4.40. The first kappa shape index (κ1) is 20.5. The molecule has 3 heterocycles. The Labute approximate surface area is 191 Å². The molecule has 9 heteroatoms. The Balaban J connectivity index is 1.27. The maximum atomic E-state index is 12.8. The van der Waals surface area contributed by atoms with Crippen molar-refractivity contribution in [3.05, 3.63) is 78.8 Å². The molecule has 0 spiro atoms. The average molecular weight is 441 g/mol. The fourth-order valence-corrected chi connectivity index (χ4v) is 4.03. The lowest BCUT2D eigenvalue weighted by Gasteiger charge is -2.36. The molecule has 0 bridgehead atoms. The van der Waals surface area contributed by atoms with E-state index in [2.05, 4.69) is 35.6 Å². The summed E-state index contributed by atoms with van der Waals surface area (Å²) in [7, 11) is 0. The van der Waals surface area contributed by atoms with Crippen LogP contribution >= 0.6 is 0 Å². The molecule has 1 aliphatic heterocycles. The molecule has 0 unspecified atom stereocenters. The number of nitrogens with zero attached hydrogens (tertiary/aromatic N) is 5. The lowest BCUT2D eigenvalue weighted by Crippen LogP contribution is -2.47. The van der Waals surface area contributed by atoms with Crippen molar-refractivity contribution >= 4 is 39.8 Å². The number of aromatic nitrogens is 3. The molecule has 1 aliphatic rings. The summed E-state index contributed by atoms with van der Waals surface area (Å²) in [5, 5.41) is 1.88. The second-order valence-electron chi connectivity index (χ2n) is 7.73. The number of fused-ring (bicyclic) bond motifs is 1. The van der Waals surface area contributed by atoms with Crippen LogP contribution in [0.25, 0.3) is 10.8 Å². The molecule has 0 atom stereocenters. The van der Waals surface area contributed by atoms with Gasteiger partial charge in [-0.15, -0.1) is 0 Å². The summed E-state index contributed by atoms with van der Waals surface area (Å²) in [5.41, 5.74) is 12.9. The molecule has 0 aliphatic carbocycles. The summed E-state index contributed by atoms with van der Waals surface area (Å²) in [4.78, 5) is 30.2. The molecule has 4 aromatic rings. The van der Waals surface area contributed by atoms with Gasteiger partial charge < -0.3 is 15.5 Å². The molecule has 1 saturated heterocycles. The predicted molar refractivity (Wildman–Crippen MR) is 130 cm³/mol. The lowest BCUT2D eigenvalue weighted by atomic mass is 10.0. The molecule has 1 amide bonds. The highest BCUT2D eigenvalue weighted by atomic mass is 16.2. The summed E-state index contributed by atoms with van der Waals surface area (Å²) in [6.45, 7) is 3.11. The van der Waals surface area contributed by atoms with E-state index in [4.69, 9.17) is 5.73 Å². The number of pyridine rings is 1. The van der Waals surface area contributed by atoms with E-state index in [0.29, 0.717) is 22.9 Å².